The number of anilines is 1. The second kappa shape index (κ2) is 43.9. The summed E-state index contributed by atoms with van der Waals surface area (Å²) in [7, 11) is 0. The van der Waals surface area contributed by atoms with Crippen LogP contribution in [0.1, 0.15) is 175 Å². The monoisotopic (exact) mass is 1180 g/mol. The Balaban J connectivity index is 0.00000602. The van der Waals surface area contributed by atoms with Gasteiger partial charge >= 0.3 is 118 Å². The molecule has 0 saturated heterocycles. The number of unbranched alkanes of at least 4 members (excludes halogenated alkanes) is 18. The Morgan fingerprint density at radius 2 is 1.06 bits per heavy atom. The summed E-state index contributed by atoms with van der Waals surface area (Å²) in [5.41, 5.74) is 3.10. The van der Waals surface area contributed by atoms with E-state index in [0.29, 0.717) is 80.7 Å². The molecule has 0 radical (unpaired) electrons. The molecule has 0 amide bonds. The van der Waals surface area contributed by atoms with E-state index in [0.717, 1.165) is 62.8 Å². The van der Waals surface area contributed by atoms with Gasteiger partial charge in [-0.2, -0.15) is 0 Å². The molecule has 4 aromatic rings. The first kappa shape index (κ1) is 77.4. The van der Waals surface area contributed by atoms with Crippen LogP contribution in [-0.2, 0) is 35.6 Å². The molecule has 84 heavy (non-hydrogen) atoms. The molecule has 19 heteroatoms. The summed E-state index contributed by atoms with van der Waals surface area (Å²) >= 11 is 0. The molecule has 2 aliphatic rings. The average Bonchev–Trinajstić information content (AvgIpc) is 1.67. The minimum Gasteiger partial charge on any atom is -0.872 e. The maximum absolute atomic E-state index is 14.2. The van der Waals surface area contributed by atoms with Crippen LogP contribution in [0.15, 0.2) is 100 Å². The Kier molecular flexibility index (Phi) is 40.4. The third kappa shape index (κ3) is 26.6. The van der Waals surface area contributed by atoms with Gasteiger partial charge in [0.1, 0.15) is 11.3 Å². The summed E-state index contributed by atoms with van der Waals surface area (Å²) in [5, 5.41) is 55.9. The summed E-state index contributed by atoms with van der Waals surface area (Å²) < 4.78 is 6.81. The number of nitrogens with zero attached hydrogens (tertiary/aromatic N) is 5. The molecule has 0 bridgehead atoms. The fourth-order valence-electron chi connectivity index (χ4n) is 10.8. The van der Waals surface area contributed by atoms with E-state index in [1.165, 1.54) is 82.4 Å². The van der Waals surface area contributed by atoms with Gasteiger partial charge in [-0.15, -0.1) is 5.75 Å². The maximum atomic E-state index is 14.2. The Labute approximate surface area is 587 Å². The molecule has 0 fully saturated rings. The van der Waals surface area contributed by atoms with E-state index in [-0.39, 0.29) is 165 Å². The summed E-state index contributed by atoms with van der Waals surface area (Å²) in [5.74, 6) is -4.46. The average molecular weight is 1190 g/mol. The zero-order valence-electron chi connectivity index (χ0n) is 51.5. The van der Waals surface area contributed by atoms with Gasteiger partial charge in [-0.05, 0) is 80.0 Å². The summed E-state index contributed by atoms with van der Waals surface area (Å²) in [6.07, 6.45) is 26.1. The Morgan fingerprint density at radius 1 is 0.536 bits per heavy atom. The largest absolute Gasteiger partial charge is 1.00 e. The number of rotatable bonds is 41. The normalized spacial score (nSPS) is 11.1. The fourth-order valence-corrected chi connectivity index (χ4v) is 10.8. The fraction of sp³-hybridized carbons (Fsp3) is 0.508. The van der Waals surface area contributed by atoms with E-state index in [4.69, 9.17) is 4.42 Å². The summed E-state index contributed by atoms with van der Waals surface area (Å²) in [4.78, 5) is 66.7. The van der Waals surface area contributed by atoms with Crippen LogP contribution < -0.4 is 149 Å². The number of carbonyl (C=O) groups excluding carboxylic acids is 3. The van der Waals surface area contributed by atoms with Gasteiger partial charge in [-0.25, -0.2) is 0 Å². The number of carboxylic acid groups (broad SMARTS) is 3. The predicted molar refractivity (Wildman–Crippen MR) is 309 cm³/mol. The smallest absolute Gasteiger partial charge is 0.872 e. The third-order valence-electron chi connectivity index (χ3n) is 15.1. The zero-order valence-corrected chi connectivity index (χ0v) is 59.5. The van der Waals surface area contributed by atoms with Gasteiger partial charge in [0, 0.05) is 110 Å². The van der Waals surface area contributed by atoms with Crippen molar-refractivity contribution < 1.29 is 157 Å². The number of hydrogen-bond donors (Lipinski definition) is 1. The topological polar surface area (TPSA) is 221 Å². The molecule has 0 unspecified atom stereocenters. The van der Waals surface area contributed by atoms with Crippen LogP contribution in [-0.4, -0.2) is 88.4 Å². The predicted octanol–water partition coefficient (Wildman–Crippen LogP) is -3.09. The van der Waals surface area contributed by atoms with Crippen molar-refractivity contribution in [2.24, 2.45) is 0 Å². The first-order chi connectivity index (χ1) is 38.9. The summed E-state index contributed by atoms with van der Waals surface area (Å²) in [6.45, 7) is 6.28. The summed E-state index contributed by atoms with van der Waals surface area (Å²) in [6, 6.07) is 22.4. The SMILES string of the molecule is CCCCCCCCCCCCN(CC(=O)[O-])Cc1c2oc3c(CN(CCCCCCCCCCCC)CC(=O)[O-])c([O-])ccc3c(-c3cc(NCCN(CCc4ccccn4)Cc4ccccn4)ccc3C(=O)[O-])c-2ccc1=O.[Na+].[Na+].[Na+].[Na+]. The number of carboxylic acids is 3. The van der Waals surface area contributed by atoms with Crippen molar-refractivity contribution in [3.05, 3.63) is 130 Å². The Bertz CT molecular complexity index is 2870. The minimum absolute atomic E-state index is 0. The molecule has 0 atom stereocenters. The molecule has 1 N–H and O–H groups in total. The minimum atomic E-state index is -1.46. The van der Waals surface area contributed by atoms with E-state index < -0.39 is 42.2 Å². The van der Waals surface area contributed by atoms with Crippen molar-refractivity contribution in [1.82, 2.24) is 24.7 Å². The zero-order chi connectivity index (χ0) is 56.9. The molecule has 2 aromatic heterocycles. The van der Waals surface area contributed by atoms with Crippen LogP contribution in [0.2, 0.25) is 0 Å². The number of nitrogens with one attached hydrogen (secondary N) is 1. The van der Waals surface area contributed by atoms with Crippen molar-refractivity contribution in [2.75, 3.05) is 51.1 Å². The van der Waals surface area contributed by atoms with Gasteiger partial charge in [0.2, 0.25) is 0 Å². The Hall–Kier alpha value is -2.68. The first-order valence-corrected chi connectivity index (χ1v) is 29.6. The molecule has 3 heterocycles. The van der Waals surface area contributed by atoms with Gasteiger partial charge in [0.25, 0.3) is 0 Å². The molecule has 1 aliphatic heterocycles. The molecule has 2 aromatic carbocycles. The van der Waals surface area contributed by atoms with Crippen LogP contribution in [0.25, 0.3) is 33.4 Å². The van der Waals surface area contributed by atoms with E-state index in [9.17, 15) is 39.6 Å². The Morgan fingerprint density at radius 3 is 1.57 bits per heavy atom. The van der Waals surface area contributed by atoms with Crippen LogP contribution in [0.3, 0.4) is 0 Å². The molecule has 432 valence electrons. The molecular formula is C65H84N6Na4O9. The maximum Gasteiger partial charge on any atom is 1.00 e. The van der Waals surface area contributed by atoms with Crippen molar-refractivity contribution in [3.63, 3.8) is 0 Å². The van der Waals surface area contributed by atoms with Crippen molar-refractivity contribution in [3.8, 4) is 28.2 Å². The first-order valence-electron chi connectivity index (χ1n) is 29.6. The van der Waals surface area contributed by atoms with Gasteiger partial charge < -0.3 is 44.5 Å². The van der Waals surface area contributed by atoms with Gasteiger partial charge in [0.05, 0.1) is 29.2 Å². The number of carbonyl (C=O) groups is 3. The van der Waals surface area contributed by atoms with Crippen molar-refractivity contribution in [2.45, 2.75) is 168 Å². The number of aromatic carboxylic acids is 1. The van der Waals surface area contributed by atoms with Crippen LogP contribution in [0.4, 0.5) is 5.69 Å². The molecular weight excluding hydrogens is 1100 g/mol. The van der Waals surface area contributed by atoms with Crippen molar-refractivity contribution >= 4 is 34.6 Å². The third-order valence-corrected chi connectivity index (χ3v) is 15.1. The molecule has 1 aliphatic carbocycles. The van der Waals surface area contributed by atoms with Gasteiger partial charge in [-0.3, -0.25) is 29.5 Å². The van der Waals surface area contributed by atoms with Crippen LogP contribution in [0, 0.1) is 0 Å². The van der Waals surface area contributed by atoms with Crippen LogP contribution >= 0.6 is 0 Å². The molecule has 6 rings (SSSR count). The molecule has 15 nitrogen and oxygen atoms in total. The number of hydrogen-bond acceptors (Lipinski definition) is 15. The quantitative estimate of drug-likeness (QED) is 0.0229. The van der Waals surface area contributed by atoms with Crippen LogP contribution in [0.5, 0.6) is 5.75 Å². The molecule has 0 saturated carbocycles. The second-order valence-corrected chi connectivity index (χ2v) is 21.5. The number of aromatic nitrogens is 2. The van der Waals surface area contributed by atoms with E-state index in [1.807, 2.05) is 36.4 Å². The molecule has 0 spiro atoms. The number of pyridine rings is 2. The van der Waals surface area contributed by atoms with Crippen molar-refractivity contribution in [1.29, 1.82) is 0 Å². The second-order valence-electron chi connectivity index (χ2n) is 21.5. The van der Waals surface area contributed by atoms with Gasteiger partial charge in [-0.1, -0.05) is 160 Å². The number of fused-ring (bicyclic) bond motifs is 2. The number of benzene rings is 3. The number of aliphatic carboxylic acids is 2. The van der Waals surface area contributed by atoms with Gasteiger partial charge in [0.15, 0.2) is 5.43 Å². The van der Waals surface area contributed by atoms with E-state index in [1.54, 1.807) is 46.5 Å². The van der Waals surface area contributed by atoms with E-state index >= 15 is 0 Å². The van der Waals surface area contributed by atoms with E-state index in [2.05, 4.69) is 34.0 Å². The standard InChI is InChI=1S/C65H88N6O9.4Na/c1-3-5-7-9-11-13-15-17-19-25-39-70(47-60(74)75)45-56-58(72)33-31-53-62(54-32-34-59(73)57(64(54)80-63(53)56)46-71(48-61(76)77)40-26-20-18-16-14-12-10-8-6-4-2)55-43-50(29-30-52(55)65(78)79)68-38-42-69(44-51-28-22-24-37-67-51)41-35-49-27-21-23-36-66-49;;;;/h21-24,27-34,36-37,43,68,72H,3-20,25-26,35,38-42,44-48H2,1-2H3,(H,74,75)(H,76,77)(H,78,79);;;;/q;4*+1/p-4.